The van der Waals surface area contributed by atoms with Crippen molar-refractivity contribution in [3.05, 3.63) is 35.1 Å². The second kappa shape index (κ2) is 7.11. The fourth-order valence-electron chi connectivity index (χ4n) is 5.05. The number of aryl methyl sites for hydroxylation is 1. The number of carbonyl (C=O) groups is 2. The van der Waals surface area contributed by atoms with Crippen molar-refractivity contribution in [3.63, 3.8) is 0 Å². The molecule has 0 aliphatic carbocycles. The molecule has 4 rings (SSSR count). The van der Waals surface area contributed by atoms with Crippen molar-refractivity contribution in [1.82, 2.24) is 14.7 Å². The summed E-state index contributed by atoms with van der Waals surface area (Å²) in [6, 6.07) is 4.22. The van der Waals surface area contributed by atoms with E-state index in [1.165, 1.54) is 17.0 Å². The van der Waals surface area contributed by atoms with Gasteiger partial charge in [-0.25, -0.2) is 9.18 Å². The first kappa shape index (κ1) is 18.2. The van der Waals surface area contributed by atoms with Crippen LogP contribution >= 0.6 is 0 Å². The first-order valence-corrected chi connectivity index (χ1v) is 9.70. The van der Waals surface area contributed by atoms with Crippen molar-refractivity contribution in [3.8, 4) is 0 Å². The molecule has 3 heterocycles. The summed E-state index contributed by atoms with van der Waals surface area (Å²) in [4.78, 5) is 30.1. The van der Waals surface area contributed by atoms with Crippen LogP contribution < -0.4 is 0 Å². The lowest BCUT2D eigenvalue weighted by molar-refractivity contribution is -0.131. The van der Waals surface area contributed by atoms with E-state index >= 15 is 0 Å². The summed E-state index contributed by atoms with van der Waals surface area (Å²) in [5.74, 6) is 0.0233. The predicted octanol–water partition coefficient (Wildman–Crippen LogP) is 2.34. The van der Waals surface area contributed by atoms with Crippen LogP contribution in [0.15, 0.2) is 18.2 Å². The standard InChI is InChI=1S/C20H26FN3O3/c1-13-8-15(21)4-5-16(13)19-17-11-23(9-14(17)10-24(19)20(26)27)18(25)12-22-6-2-3-7-22/h4-5,8,14,17,19H,2-3,6-7,9-12H2,1H3,(H,26,27). The second-order valence-corrected chi connectivity index (χ2v) is 8.09. The molecule has 3 aliphatic heterocycles. The Labute approximate surface area is 158 Å². The van der Waals surface area contributed by atoms with Gasteiger partial charge in [-0.15, -0.1) is 0 Å². The normalized spacial score (nSPS) is 28.0. The molecule has 3 unspecified atom stereocenters. The minimum atomic E-state index is -0.951. The molecule has 1 aromatic rings. The zero-order valence-electron chi connectivity index (χ0n) is 15.6. The van der Waals surface area contributed by atoms with Gasteiger partial charge in [0, 0.05) is 31.5 Å². The number of halogens is 1. The van der Waals surface area contributed by atoms with E-state index < -0.39 is 6.09 Å². The van der Waals surface area contributed by atoms with Crippen molar-refractivity contribution < 1.29 is 19.1 Å². The van der Waals surface area contributed by atoms with Gasteiger partial charge in [0.2, 0.25) is 5.91 Å². The predicted molar refractivity (Wildman–Crippen MR) is 97.8 cm³/mol. The molecule has 2 amide bonds. The number of likely N-dealkylation sites (tertiary alicyclic amines) is 3. The number of carboxylic acid groups (broad SMARTS) is 1. The number of rotatable bonds is 3. The van der Waals surface area contributed by atoms with E-state index in [0.29, 0.717) is 26.2 Å². The summed E-state index contributed by atoms with van der Waals surface area (Å²) in [5.41, 5.74) is 1.61. The molecule has 0 spiro atoms. The molecule has 0 aromatic heterocycles. The highest BCUT2D eigenvalue weighted by Gasteiger charge is 2.50. The number of benzene rings is 1. The van der Waals surface area contributed by atoms with Crippen LogP contribution in [-0.4, -0.2) is 71.1 Å². The van der Waals surface area contributed by atoms with E-state index in [2.05, 4.69) is 4.90 Å². The molecule has 7 heteroatoms. The number of hydrogen-bond acceptors (Lipinski definition) is 3. The molecule has 3 aliphatic rings. The highest BCUT2D eigenvalue weighted by atomic mass is 19.1. The lowest BCUT2D eigenvalue weighted by Gasteiger charge is -2.29. The summed E-state index contributed by atoms with van der Waals surface area (Å²) in [5, 5.41) is 9.68. The van der Waals surface area contributed by atoms with E-state index in [0.717, 1.165) is 37.1 Å². The number of amides is 2. The Balaban J connectivity index is 1.53. The van der Waals surface area contributed by atoms with Crippen LogP contribution in [0.4, 0.5) is 9.18 Å². The summed E-state index contributed by atoms with van der Waals surface area (Å²) in [7, 11) is 0. The number of carbonyl (C=O) groups excluding carboxylic acids is 1. The topological polar surface area (TPSA) is 64.1 Å². The first-order chi connectivity index (χ1) is 12.9. The molecule has 0 saturated carbocycles. The van der Waals surface area contributed by atoms with Gasteiger partial charge in [-0.3, -0.25) is 9.69 Å². The fraction of sp³-hybridized carbons (Fsp3) is 0.600. The van der Waals surface area contributed by atoms with Crippen LogP contribution in [0.5, 0.6) is 0 Å². The average molecular weight is 375 g/mol. The third-order valence-electron chi connectivity index (χ3n) is 6.37. The quantitative estimate of drug-likeness (QED) is 0.881. The van der Waals surface area contributed by atoms with Crippen molar-refractivity contribution >= 4 is 12.0 Å². The molecule has 1 aromatic carbocycles. The van der Waals surface area contributed by atoms with Crippen LogP contribution in [0, 0.1) is 24.6 Å². The van der Waals surface area contributed by atoms with Crippen LogP contribution in [0.2, 0.25) is 0 Å². The average Bonchev–Trinajstić information content (AvgIpc) is 3.30. The Kier molecular flexibility index (Phi) is 4.80. The molecular formula is C20H26FN3O3. The number of nitrogens with zero attached hydrogens (tertiary/aromatic N) is 3. The zero-order chi connectivity index (χ0) is 19.1. The summed E-state index contributed by atoms with van der Waals surface area (Å²) in [6.07, 6.45) is 1.35. The van der Waals surface area contributed by atoms with Crippen LogP contribution in [0.25, 0.3) is 0 Å². The van der Waals surface area contributed by atoms with Gasteiger partial charge < -0.3 is 14.9 Å². The molecule has 146 valence electrons. The van der Waals surface area contributed by atoms with Gasteiger partial charge in [-0.1, -0.05) is 6.07 Å². The monoisotopic (exact) mass is 375 g/mol. The SMILES string of the molecule is Cc1cc(F)ccc1C1C2CN(C(=O)CN3CCCC3)CC2CN1C(=O)O. The maximum atomic E-state index is 13.5. The Bertz CT molecular complexity index is 750. The molecule has 6 nitrogen and oxygen atoms in total. The van der Waals surface area contributed by atoms with Gasteiger partial charge in [-0.2, -0.15) is 0 Å². The maximum Gasteiger partial charge on any atom is 0.407 e. The van der Waals surface area contributed by atoms with E-state index in [9.17, 15) is 19.1 Å². The van der Waals surface area contributed by atoms with Crippen molar-refractivity contribution in [1.29, 1.82) is 0 Å². The molecule has 0 radical (unpaired) electrons. The van der Waals surface area contributed by atoms with Gasteiger partial charge in [0.25, 0.3) is 0 Å². The minimum absolute atomic E-state index is 0.0628. The third kappa shape index (κ3) is 3.40. The van der Waals surface area contributed by atoms with Crippen LogP contribution in [0.1, 0.15) is 30.0 Å². The summed E-state index contributed by atoms with van der Waals surface area (Å²) < 4.78 is 13.5. The molecule has 3 fully saturated rings. The zero-order valence-corrected chi connectivity index (χ0v) is 15.6. The van der Waals surface area contributed by atoms with E-state index in [-0.39, 0.29) is 29.6 Å². The number of fused-ring (bicyclic) bond motifs is 1. The third-order valence-corrected chi connectivity index (χ3v) is 6.37. The Morgan fingerprint density at radius 1 is 1.19 bits per heavy atom. The molecule has 27 heavy (non-hydrogen) atoms. The van der Waals surface area contributed by atoms with Gasteiger partial charge in [0.15, 0.2) is 0 Å². The fourth-order valence-corrected chi connectivity index (χ4v) is 5.05. The highest BCUT2D eigenvalue weighted by Crippen LogP contribution is 2.45. The van der Waals surface area contributed by atoms with Gasteiger partial charge in [-0.05, 0) is 56.1 Å². The molecule has 3 atom stereocenters. The Morgan fingerprint density at radius 2 is 1.93 bits per heavy atom. The molecular weight excluding hydrogens is 349 g/mol. The second-order valence-electron chi connectivity index (χ2n) is 8.09. The van der Waals surface area contributed by atoms with Crippen LogP contribution in [-0.2, 0) is 4.79 Å². The van der Waals surface area contributed by atoms with Crippen molar-refractivity contribution in [2.24, 2.45) is 11.8 Å². The van der Waals surface area contributed by atoms with Gasteiger partial charge in [0.1, 0.15) is 5.82 Å². The van der Waals surface area contributed by atoms with E-state index in [4.69, 9.17) is 0 Å². The van der Waals surface area contributed by atoms with Crippen molar-refractivity contribution in [2.75, 3.05) is 39.3 Å². The molecule has 1 N–H and O–H groups in total. The maximum absolute atomic E-state index is 13.5. The summed E-state index contributed by atoms with van der Waals surface area (Å²) >= 11 is 0. The number of hydrogen-bond donors (Lipinski definition) is 1. The summed E-state index contributed by atoms with van der Waals surface area (Å²) in [6.45, 7) is 5.85. The lowest BCUT2D eigenvalue weighted by atomic mass is 9.87. The van der Waals surface area contributed by atoms with E-state index in [1.54, 1.807) is 6.07 Å². The lowest BCUT2D eigenvalue weighted by Crippen LogP contribution is -2.41. The molecule has 3 saturated heterocycles. The Morgan fingerprint density at radius 3 is 2.59 bits per heavy atom. The largest absolute Gasteiger partial charge is 0.465 e. The van der Waals surface area contributed by atoms with Gasteiger partial charge in [0.05, 0.1) is 12.6 Å². The van der Waals surface area contributed by atoms with E-state index in [1.807, 2.05) is 11.8 Å². The van der Waals surface area contributed by atoms with Gasteiger partial charge >= 0.3 is 6.09 Å². The van der Waals surface area contributed by atoms with Crippen molar-refractivity contribution in [2.45, 2.75) is 25.8 Å². The smallest absolute Gasteiger partial charge is 0.407 e. The minimum Gasteiger partial charge on any atom is -0.465 e. The van der Waals surface area contributed by atoms with Crippen LogP contribution in [0.3, 0.4) is 0 Å². The first-order valence-electron chi connectivity index (χ1n) is 9.70. The Hall–Kier alpha value is -2.15. The highest BCUT2D eigenvalue weighted by molar-refractivity contribution is 5.79. The molecule has 0 bridgehead atoms.